The third-order valence-corrected chi connectivity index (χ3v) is 17.1. The minimum atomic E-state index is -0.229. The van der Waals surface area contributed by atoms with Crippen molar-refractivity contribution in [3.8, 4) is 22.5 Å². The van der Waals surface area contributed by atoms with Crippen molar-refractivity contribution in [3.05, 3.63) is 181 Å². The zero-order chi connectivity index (χ0) is 39.8. The number of benzene rings is 6. The zero-order valence-corrected chi connectivity index (χ0v) is 37.4. The first kappa shape index (κ1) is 39.3. The van der Waals surface area contributed by atoms with Crippen LogP contribution in [0.3, 0.4) is 0 Å². The van der Waals surface area contributed by atoms with Crippen LogP contribution < -0.4 is 30.2 Å². The molecule has 4 N–H and O–H groups in total. The Kier molecular flexibility index (Phi) is 12.5. The minimum absolute atomic E-state index is 0.229. The molecule has 0 saturated heterocycles. The van der Waals surface area contributed by atoms with Gasteiger partial charge in [-0.15, -0.1) is 0 Å². The fourth-order valence-electron chi connectivity index (χ4n) is 6.19. The van der Waals surface area contributed by atoms with Crippen LogP contribution in [0.1, 0.15) is 20.7 Å². The van der Waals surface area contributed by atoms with Crippen molar-refractivity contribution < 1.29 is 9.59 Å². The Morgan fingerprint density at radius 2 is 0.810 bits per heavy atom. The SMILES string of the molecule is O=C(NC(=[Se])Nc1ccc([Se][Se]c2ccc(NC(=[Se])NC(=O)c3cc(-c4ccccc4)nc4ccccc34)cc2)cc1)c1cc(-c2ccccc2)nc2ccccc12. The second kappa shape index (κ2) is 18.4. The van der Waals surface area contributed by atoms with Gasteiger partial charge in [-0.2, -0.15) is 0 Å². The van der Waals surface area contributed by atoms with E-state index in [1.807, 2.05) is 146 Å². The van der Waals surface area contributed by atoms with Crippen molar-refractivity contribution in [2.24, 2.45) is 0 Å². The summed E-state index contributed by atoms with van der Waals surface area (Å²) in [5.74, 6) is -0.457. The quantitative estimate of drug-likeness (QED) is 0.113. The average molecular weight is 1020 g/mol. The van der Waals surface area contributed by atoms with E-state index in [4.69, 9.17) is 9.97 Å². The van der Waals surface area contributed by atoms with Gasteiger partial charge in [0.1, 0.15) is 0 Å². The molecule has 0 aliphatic heterocycles. The van der Waals surface area contributed by atoms with E-state index < -0.39 is 0 Å². The molecule has 0 saturated carbocycles. The summed E-state index contributed by atoms with van der Waals surface area (Å²) < 4.78 is 3.58. The summed E-state index contributed by atoms with van der Waals surface area (Å²) >= 11 is 6.47. The summed E-state index contributed by atoms with van der Waals surface area (Å²) in [7, 11) is 0. The number of carbonyl (C=O) groups excluding carboxylic acids is 2. The number of para-hydroxylation sites is 2. The molecule has 0 aliphatic rings. The maximum absolute atomic E-state index is 13.5. The number of anilines is 2. The number of aromatic nitrogens is 2. The number of hydrogen-bond donors (Lipinski definition) is 4. The molecule has 0 spiro atoms. The Bertz CT molecular complexity index is 2610. The molecule has 282 valence electrons. The number of nitrogens with one attached hydrogen (secondary N) is 4. The summed E-state index contributed by atoms with van der Waals surface area (Å²) in [5, 5.41) is 14.1. The first-order valence-electron chi connectivity index (χ1n) is 18.1. The number of nitrogens with zero attached hydrogens (tertiary/aromatic N) is 2. The fraction of sp³-hybridized carbons (Fsp3) is 0. The molecule has 0 aliphatic carbocycles. The van der Waals surface area contributed by atoms with Gasteiger partial charge in [0.2, 0.25) is 0 Å². The first-order chi connectivity index (χ1) is 28.4. The summed E-state index contributed by atoms with van der Waals surface area (Å²) in [6.45, 7) is 0. The second-order valence-electron chi connectivity index (χ2n) is 12.9. The van der Waals surface area contributed by atoms with E-state index in [1.54, 1.807) is 0 Å². The molecular formula is C46H32N6O2Se4. The molecule has 12 heteroatoms. The Morgan fingerprint density at radius 1 is 0.448 bits per heavy atom. The normalized spacial score (nSPS) is 10.8. The number of amides is 2. The standard InChI is InChI=1S/C46H32N6O2Se4/c53-43(37-27-41(29-11-3-1-4-12-29)49-39-17-9-7-15-35(37)39)51-45(55)47-31-19-23-33(24-20-31)57-58-34-25-21-32(22-26-34)48-46(56)52-44(54)38-28-42(30-13-5-2-6-14-30)50-40-18-10-8-16-36(38)40/h1-28H,(H2,47,51,53,55)(H2,48,52,54,56). The molecule has 8 nitrogen and oxygen atoms in total. The number of rotatable bonds is 13. The molecule has 0 radical (unpaired) electrons. The summed E-state index contributed by atoms with van der Waals surface area (Å²) in [6, 6.07) is 55.4. The van der Waals surface area contributed by atoms with Crippen molar-refractivity contribution in [1.29, 1.82) is 0 Å². The molecule has 8 aromatic rings. The average Bonchev–Trinajstić information content (AvgIpc) is 3.26. The molecular weight excluding hydrogens is 984 g/mol. The van der Waals surface area contributed by atoms with Crippen molar-refractivity contribution in [2.45, 2.75) is 0 Å². The van der Waals surface area contributed by atoms with Crippen LogP contribution in [0.5, 0.6) is 0 Å². The van der Waals surface area contributed by atoms with Crippen LogP contribution in [0.15, 0.2) is 170 Å². The zero-order valence-electron chi connectivity index (χ0n) is 30.5. The van der Waals surface area contributed by atoms with Crippen LogP contribution >= 0.6 is 0 Å². The van der Waals surface area contributed by atoms with Gasteiger partial charge in [0.05, 0.1) is 0 Å². The van der Waals surface area contributed by atoms with Crippen LogP contribution in [0, 0.1) is 0 Å². The monoisotopic (exact) mass is 1020 g/mol. The van der Waals surface area contributed by atoms with Gasteiger partial charge in [-0.25, -0.2) is 0 Å². The number of hydrogen-bond acceptors (Lipinski definition) is 6. The molecule has 0 bridgehead atoms. The van der Waals surface area contributed by atoms with Gasteiger partial charge < -0.3 is 0 Å². The molecule has 0 atom stereocenters. The summed E-state index contributed by atoms with van der Waals surface area (Å²) in [4.78, 5) is 36.7. The first-order valence-corrected chi connectivity index (χ1v) is 25.8. The van der Waals surface area contributed by atoms with Crippen molar-refractivity contribution >= 4 is 121 Å². The maximum atomic E-state index is 13.5. The van der Waals surface area contributed by atoms with Gasteiger partial charge >= 0.3 is 365 Å². The molecule has 2 amide bonds. The van der Waals surface area contributed by atoms with E-state index in [0.29, 0.717) is 20.5 Å². The third-order valence-electron chi connectivity index (χ3n) is 8.97. The Hall–Kier alpha value is -5.50. The predicted molar refractivity (Wildman–Crippen MR) is 242 cm³/mol. The van der Waals surface area contributed by atoms with E-state index in [9.17, 15) is 9.59 Å². The van der Waals surface area contributed by atoms with Gasteiger partial charge in [-0.3, -0.25) is 0 Å². The fourth-order valence-corrected chi connectivity index (χ4v) is 13.0. The molecule has 2 aromatic heterocycles. The van der Waals surface area contributed by atoms with Gasteiger partial charge in [-0.1, -0.05) is 0 Å². The Morgan fingerprint density at radius 3 is 1.21 bits per heavy atom. The van der Waals surface area contributed by atoms with Crippen LogP contribution in [-0.4, -0.2) is 88.5 Å². The molecule has 6 aromatic carbocycles. The second-order valence-corrected chi connectivity index (χ2v) is 20.9. The van der Waals surface area contributed by atoms with Crippen LogP contribution in [0.4, 0.5) is 11.4 Å². The van der Waals surface area contributed by atoms with Crippen molar-refractivity contribution in [2.75, 3.05) is 10.6 Å². The van der Waals surface area contributed by atoms with Gasteiger partial charge in [0.15, 0.2) is 0 Å². The third kappa shape index (κ3) is 9.60. The van der Waals surface area contributed by atoms with Crippen LogP contribution in [-0.2, 0) is 0 Å². The number of fused-ring (bicyclic) bond motifs is 2. The predicted octanol–water partition coefficient (Wildman–Crippen LogP) is 5.59. The van der Waals surface area contributed by atoms with Gasteiger partial charge in [-0.05, 0) is 0 Å². The van der Waals surface area contributed by atoms with E-state index in [1.165, 1.54) is 8.92 Å². The number of carbonyl (C=O) groups is 2. The van der Waals surface area contributed by atoms with Crippen molar-refractivity contribution in [3.63, 3.8) is 0 Å². The Balaban J connectivity index is 0.836. The van der Waals surface area contributed by atoms with Gasteiger partial charge in [0.25, 0.3) is 0 Å². The molecule has 58 heavy (non-hydrogen) atoms. The topological polar surface area (TPSA) is 108 Å². The van der Waals surface area contributed by atoms with E-state index in [0.717, 1.165) is 55.7 Å². The molecule has 0 unspecified atom stereocenters. The molecule has 8 rings (SSSR count). The summed E-state index contributed by atoms with van der Waals surface area (Å²) in [5.41, 5.74) is 7.74. The summed E-state index contributed by atoms with van der Waals surface area (Å²) in [6.07, 6.45) is 0. The van der Waals surface area contributed by atoms with Crippen LogP contribution in [0.25, 0.3) is 44.3 Å². The Labute approximate surface area is 362 Å². The number of pyridine rings is 2. The van der Waals surface area contributed by atoms with E-state index in [2.05, 4.69) is 76.7 Å². The molecule has 0 fully saturated rings. The molecule has 2 heterocycles. The van der Waals surface area contributed by atoms with Gasteiger partial charge in [0, 0.05) is 0 Å². The van der Waals surface area contributed by atoms with E-state index in [-0.39, 0.29) is 38.1 Å². The van der Waals surface area contributed by atoms with Crippen LogP contribution in [0.2, 0.25) is 0 Å². The van der Waals surface area contributed by atoms with Crippen molar-refractivity contribution in [1.82, 2.24) is 20.6 Å². The van der Waals surface area contributed by atoms with E-state index >= 15 is 0 Å².